The highest BCUT2D eigenvalue weighted by molar-refractivity contribution is 7.89. The molecule has 0 saturated heterocycles. The van der Waals surface area contributed by atoms with E-state index in [1.165, 1.54) is 48.1 Å². The molecular formula is C22H30N2O6S2. The third-order valence-electron chi connectivity index (χ3n) is 4.86. The Morgan fingerprint density at radius 2 is 1.81 bits per heavy atom. The number of rotatable bonds is 10. The fraction of sp³-hybridized carbons (Fsp3) is 0.455. The Morgan fingerprint density at radius 3 is 2.34 bits per heavy atom. The minimum Gasteiger partial charge on any atom is -0.495 e. The molecule has 8 nitrogen and oxygen atoms in total. The Kier molecular flexibility index (Phi) is 8.82. The SMILES string of the molecule is CCN(CC)S(=O)(=O)c1cc(C(=O)Nc2scc(CC(C)C)c2C(=O)OC)ccc1OC. The van der Waals surface area contributed by atoms with Crippen LogP contribution < -0.4 is 10.1 Å². The molecule has 1 amide bonds. The molecule has 0 fully saturated rings. The van der Waals surface area contributed by atoms with Crippen molar-refractivity contribution in [2.24, 2.45) is 5.92 Å². The first-order valence-corrected chi connectivity index (χ1v) is 12.6. The van der Waals surface area contributed by atoms with Crippen molar-refractivity contribution in [1.82, 2.24) is 4.31 Å². The van der Waals surface area contributed by atoms with E-state index in [0.29, 0.717) is 22.9 Å². The molecule has 0 bridgehead atoms. The smallest absolute Gasteiger partial charge is 0.341 e. The topological polar surface area (TPSA) is 102 Å². The maximum Gasteiger partial charge on any atom is 0.341 e. The molecule has 0 aliphatic carbocycles. The summed E-state index contributed by atoms with van der Waals surface area (Å²) in [6, 6.07) is 4.23. The third kappa shape index (κ3) is 5.48. The van der Waals surface area contributed by atoms with Crippen molar-refractivity contribution in [2.75, 3.05) is 32.6 Å². The van der Waals surface area contributed by atoms with Crippen molar-refractivity contribution >= 4 is 38.2 Å². The van der Waals surface area contributed by atoms with Gasteiger partial charge in [-0.1, -0.05) is 27.7 Å². The number of hydrogen-bond acceptors (Lipinski definition) is 7. The number of ether oxygens (including phenoxy) is 2. The number of amides is 1. The number of sulfonamides is 1. The van der Waals surface area contributed by atoms with Crippen molar-refractivity contribution in [3.8, 4) is 5.75 Å². The fourth-order valence-electron chi connectivity index (χ4n) is 3.30. The minimum absolute atomic E-state index is 0.0868. The van der Waals surface area contributed by atoms with E-state index in [-0.39, 0.29) is 29.3 Å². The first kappa shape index (κ1) is 25.8. The van der Waals surface area contributed by atoms with Crippen LogP contribution in [0.1, 0.15) is 54.0 Å². The van der Waals surface area contributed by atoms with Crippen molar-refractivity contribution in [3.63, 3.8) is 0 Å². The molecule has 32 heavy (non-hydrogen) atoms. The van der Waals surface area contributed by atoms with Gasteiger partial charge >= 0.3 is 5.97 Å². The summed E-state index contributed by atoms with van der Waals surface area (Å²) in [5.41, 5.74) is 1.25. The number of nitrogens with one attached hydrogen (secondary N) is 1. The van der Waals surface area contributed by atoms with Crippen LogP contribution >= 0.6 is 11.3 Å². The van der Waals surface area contributed by atoms with Gasteiger partial charge in [0.25, 0.3) is 5.91 Å². The highest BCUT2D eigenvalue weighted by Crippen LogP contribution is 2.32. The lowest BCUT2D eigenvalue weighted by atomic mass is 10.0. The predicted octanol–water partition coefficient (Wildman–Crippen LogP) is 4.02. The Morgan fingerprint density at radius 1 is 1.16 bits per heavy atom. The quantitative estimate of drug-likeness (QED) is 0.513. The van der Waals surface area contributed by atoms with E-state index < -0.39 is 21.9 Å². The Bertz CT molecular complexity index is 1070. The Balaban J connectivity index is 2.46. The largest absolute Gasteiger partial charge is 0.495 e. The molecule has 0 saturated carbocycles. The van der Waals surface area contributed by atoms with Gasteiger partial charge in [0.1, 0.15) is 15.6 Å². The van der Waals surface area contributed by atoms with Crippen LogP contribution in [0.5, 0.6) is 5.75 Å². The summed E-state index contributed by atoms with van der Waals surface area (Å²) >= 11 is 1.23. The van der Waals surface area contributed by atoms with Crippen LogP contribution in [0.15, 0.2) is 28.5 Å². The molecule has 1 N–H and O–H groups in total. The summed E-state index contributed by atoms with van der Waals surface area (Å²) in [6.45, 7) is 8.12. The first-order valence-electron chi connectivity index (χ1n) is 10.3. The van der Waals surface area contributed by atoms with Crippen LogP contribution in [0, 0.1) is 5.92 Å². The standard InChI is InChI=1S/C22H30N2O6S2/c1-7-24(8-2)32(27,28)18-12-15(9-10-17(18)29-5)20(25)23-21-19(22(26)30-6)16(13-31-21)11-14(3)4/h9-10,12-14H,7-8,11H2,1-6H3,(H,23,25). The third-order valence-corrected chi connectivity index (χ3v) is 7.88. The first-order chi connectivity index (χ1) is 15.1. The number of anilines is 1. The molecule has 0 unspecified atom stereocenters. The number of methoxy groups -OCH3 is 2. The lowest BCUT2D eigenvalue weighted by molar-refractivity contribution is 0.0601. The van der Waals surface area contributed by atoms with Gasteiger partial charge in [-0.05, 0) is 41.5 Å². The van der Waals surface area contributed by atoms with Gasteiger partial charge in [0.15, 0.2) is 0 Å². The van der Waals surface area contributed by atoms with Gasteiger partial charge in [-0.25, -0.2) is 13.2 Å². The predicted molar refractivity (Wildman–Crippen MR) is 125 cm³/mol. The average Bonchev–Trinajstić information content (AvgIpc) is 3.14. The van der Waals surface area contributed by atoms with Crippen LogP contribution in [-0.4, -0.2) is 51.9 Å². The summed E-state index contributed by atoms with van der Waals surface area (Å²) in [5, 5.41) is 4.93. The van der Waals surface area contributed by atoms with E-state index in [1.54, 1.807) is 13.8 Å². The van der Waals surface area contributed by atoms with Gasteiger partial charge in [0.2, 0.25) is 10.0 Å². The van der Waals surface area contributed by atoms with Gasteiger partial charge in [-0.2, -0.15) is 4.31 Å². The summed E-state index contributed by atoms with van der Waals surface area (Å²) in [7, 11) is -1.18. The normalized spacial score (nSPS) is 11.6. The highest BCUT2D eigenvalue weighted by atomic mass is 32.2. The Labute approximate surface area is 193 Å². The second kappa shape index (κ2) is 10.9. The van der Waals surface area contributed by atoms with Crippen LogP contribution in [0.25, 0.3) is 0 Å². The second-order valence-corrected chi connectivity index (χ2v) is 10.2. The van der Waals surface area contributed by atoms with Crippen molar-refractivity contribution < 1.29 is 27.5 Å². The van der Waals surface area contributed by atoms with Gasteiger partial charge in [-0.15, -0.1) is 11.3 Å². The number of carbonyl (C=O) groups excluding carboxylic acids is 2. The van der Waals surface area contributed by atoms with E-state index in [0.717, 1.165) is 5.56 Å². The lowest BCUT2D eigenvalue weighted by Crippen LogP contribution is -2.31. The highest BCUT2D eigenvalue weighted by Gasteiger charge is 2.28. The molecular weight excluding hydrogens is 452 g/mol. The maximum atomic E-state index is 13.1. The van der Waals surface area contributed by atoms with E-state index in [9.17, 15) is 18.0 Å². The van der Waals surface area contributed by atoms with Crippen LogP contribution in [0.2, 0.25) is 0 Å². The zero-order chi connectivity index (χ0) is 24.1. The van der Waals surface area contributed by atoms with Gasteiger partial charge < -0.3 is 14.8 Å². The van der Waals surface area contributed by atoms with Crippen LogP contribution in [0.4, 0.5) is 5.00 Å². The van der Waals surface area contributed by atoms with Crippen molar-refractivity contribution in [3.05, 3.63) is 40.3 Å². The summed E-state index contributed by atoms with van der Waals surface area (Å²) in [5.74, 6) is -0.603. The maximum absolute atomic E-state index is 13.1. The van der Waals surface area contributed by atoms with E-state index in [1.807, 2.05) is 19.2 Å². The van der Waals surface area contributed by atoms with E-state index in [2.05, 4.69) is 5.32 Å². The molecule has 1 heterocycles. The molecule has 0 radical (unpaired) electrons. The summed E-state index contributed by atoms with van der Waals surface area (Å²) in [6.07, 6.45) is 0.658. The van der Waals surface area contributed by atoms with Gasteiger partial charge in [0, 0.05) is 18.7 Å². The molecule has 0 atom stereocenters. The number of thiophene rings is 1. The van der Waals surface area contributed by atoms with Crippen LogP contribution in [0.3, 0.4) is 0 Å². The molecule has 10 heteroatoms. The van der Waals surface area contributed by atoms with Gasteiger partial charge in [-0.3, -0.25) is 4.79 Å². The number of nitrogens with zero attached hydrogens (tertiary/aromatic N) is 1. The second-order valence-electron chi connectivity index (χ2n) is 7.46. The zero-order valence-corrected chi connectivity index (χ0v) is 20.9. The molecule has 1 aromatic heterocycles. The molecule has 176 valence electrons. The van der Waals surface area contributed by atoms with Crippen LogP contribution in [-0.2, 0) is 21.2 Å². The minimum atomic E-state index is -3.85. The molecule has 0 spiro atoms. The number of hydrogen-bond donors (Lipinski definition) is 1. The number of benzene rings is 1. The average molecular weight is 483 g/mol. The summed E-state index contributed by atoms with van der Waals surface area (Å²) < 4.78 is 37.5. The molecule has 2 rings (SSSR count). The zero-order valence-electron chi connectivity index (χ0n) is 19.2. The monoisotopic (exact) mass is 482 g/mol. The molecule has 2 aromatic rings. The number of esters is 1. The van der Waals surface area contributed by atoms with E-state index in [4.69, 9.17) is 9.47 Å². The number of carbonyl (C=O) groups is 2. The molecule has 1 aromatic carbocycles. The van der Waals surface area contributed by atoms with E-state index >= 15 is 0 Å². The summed E-state index contributed by atoms with van der Waals surface area (Å²) in [4.78, 5) is 25.3. The fourth-order valence-corrected chi connectivity index (χ4v) is 5.90. The van der Waals surface area contributed by atoms with Gasteiger partial charge in [0.05, 0.1) is 19.8 Å². The lowest BCUT2D eigenvalue weighted by Gasteiger charge is -2.20. The van der Waals surface area contributed by atoms with Crippen molar-refractivity contribution in [2.45, 2.75) is 39.0 Å². The molecule has 0 aliphatic heterocycles. The van der Waals surface area contributed by atoms with Crippen molar-refractivity contribution in [1.29, 1.82) is 0 Å². The Hall–Kier alpha value is -2.43. The molecule has 0 aliphatic rings.